The molecule has 2 aromatic carbocycles. The quantitative estimate of drug-likeness (QED) is 0.785. The second-order valence-electron chi connectivity index (χ2n) is 6.89. The van der Waals surface area contributed by atoms with Gasteiger partial charge in [-0.05, 0) is 42.2 Å². The normalized spacial score (nSPS) is 21.4. The minimum atomic E-state index is -0.623. The highest BCUT2D eigenvalue weighted by Gasteiger charge is 2.48. The predicted molar refractivity (Wildman–Crippen MR) is 94.6 cm³/mol. The second-order valence-corrected chi connectivity index (χ2v) is 6.89. The molecule has 2 aliphatic rings. The van der Waals surface area contributed by atoms with Gasteiger partial charge in [0.2, 0.25) is 5.91 Å². The number of amides is 1. The molecule has 3 nitrogen and oxygen atoms in total. The fraction of sp³-hybridized carbons (Fsp3) is 0.286. The zero-order valence-corrected chi connectivity index (χ0v) is 14.0. The Balaban J connectivity index is 1.87. The molecule has 0 spiro atoms. The summed E-state index contributed by atoms with van der Waals surface area (Å²) >= 11 is 0. The van der Waals surface area contributed by atoms with E-state index in [-0.39, 0.29) is 17.9 Å². The van der Waals surface area contributed by atoms with Crippen LogP contribution in [0.1, 0.15) is 30.9 Å². The Morgan fingerprint density at radius 3 is 2.21 bits per heavy atom. The summed E-state index contributed by atoms with van der Waals surface area (Å²) in [5.41, 5.74) is 4.43. The van der Waals surface area contributed by atoms with Crippen LogP contribution in [0.2, 0.25) is 0 Å². The Labute approximate surface area is 142 Å². The molecular formula is C21H21NO2. The maximum atomic E-state index is 12.5. The number of hydrogen-bond acceptors (Lipinski definition) is 2. The lowest BCUT2D eigenvalue weighted by atomic mass is 9.88. The standard InChI is InChI=1S/C21H21NO2/c1-4-19(23)22-18(13-24-21(22,2)3)20-16-11-7-5-9-14(16)15-10-6-8-12-17(15)20/h4-12,18,20H,1,13H2,2-3H3. The van der Waals surface area contributed by atoms with E-state index >= 15 is 0 Å². The number of benzene rings is 2. The van der Waals surface area contributed by atoms with Crippen LogP contribution >= 0.6 is 0 Å². The summed E-state index contributed by atoms with van der Waals surface area (Å²) in [5.74, 6) is 0.0486. The third kappa shape index (κ3) is 2.05. The van der Waals surface area contributed by atoms with E-state index in [4.69, 9.17) is 4.74 Å². The lowest BCUT2D eigenvalue weighted by Gasteiger charge is -2.35. The van der Waals surface area contributed by atoms with Crippen LogP contribution in [0.4, 0.5) is 0 Å². The van der Waals surface area contributed by atoms with Gasteiger partial charge in [0.15, 0.2) is 0 Å². The summed E-state index contributed by atoms with van der Waals surface area (Å²) in [6.45, 7) is 8.09. The first-order valence-corrected chi connectivity index (χ1v) is 8.32. The van der Waals surface area contributed by atoms with Gasteiger partial charge in [0.25, 0.3) is 0 Å². The average Bonchev–Trinajstić information content (AvgIpc) is 3.08. The lowest BCUT2D eigenvalue weighted by Crippen LogP contribution is -2.49. The molecule has 24 heavy (non-hydrogen) atoms. The van der Waals surface area contributed by atoms with Crippen LogP contribution in [0, 0.1) is 0 Å². The van der Waals surface area contributed by atoms with Crippen LogP contribution in [0.15, 0.2) is 61.2 Å². The van der Waals surface area contributed by atoms with E-state index in [9.17, 15) is 4.79 Å². The summed E-state index contributed by atoms with van der Waals surface area (Å²) in [6.07, 6.45) is 1.39. The van der Waals surface area contributed by atoms with E-state index in [1.807, 2.05) is 18.7 Å². The van der Waals surface area contributed by atoms with Crippen LogP contribution < -0.4 is 0 Å². The number of fused-ring (bicyclic) bond motifs is 3. The molecule has 0 saturated carbocycles. The van der Waals surface area contributed by atoms with Crippen molar-refractivity contribution >= 4 is 5.91 Å². The number of carbonyl (C=O) groups is 1. The minimum absolute atomic E-state index is 0.0321. The number of hydrogen-bond donors (Lipinski definition) is 0. The molecule has 0 N–H and O–H groups in total. The molecule has 4 rings (SSSR count). The fourth-order valence-corrected chi connectivity index (χ4v) is 4.21. The van der Waals surface area contributed by atoms with Gasteiger partial charge in [-0.2, -0.15) is 0 Å². The van der Waals surface area contributed by atoms with Gasteiger partial charge in [-0.15, -0.1) is 0 Å². The van der Waals surface area contributed by atoms with Crippen molar-refractivity contribution in [3.63, 3.8) is 0 Å². The zero-order valence-electron chi connectivity index (χ0n) is 14.0. The highest BCUT2D eigenvalue weighted by molar-refractivity contribution is 5.88. The van der Waals surface area contributed by atoms with Crippen LogP contribution in [-0.4, -0.2) is 29.2 Å². The van der Waals surface area contributed by atoms with Crippen molar-refractivity contribution in [2.45, 2.75) is 31.5 Å². The van der Waals surface area contributed by atoms with Gasteiger partial charge in [0, 0.05) is 5.92 Å². The molecular weight excluding hydrogens is 298 g/mol. The third-order valence-electron chi connectivity index (χ3n) is 5.20. The lowest BCUT2D eigenvalue weighted by molar-refractivity contribution is -0.140. The Bertz CT molecular complexity index is 779. The molecule has 1 aliphatic heterocycles. The summed E-state index contributed by atoms with van der Waals surface area (Å²) < 4.78 is 5.99. The van der Waals surface area contributed by atoms with Crippen molar-refractivity contribution in [2.75, 3.05) is 6.61 Å². The molecule has 1 aliphatic carbocycles. The Morgan fingerprint density at radius 2 is 1.67 bits per heavy atom. The Morgan fingerprint density at radius 1 is 1.12 bits per heavy atom. The van der Waals surface area contributed by atoms with Gasteiger partial charge in [0.1, 0.15) is 5.72 Å². The van der Waals surface area contributed by atoms with E-state index in [2.05, 4.69) is 55.1 Å². The summed E-state index contributed by atoms with van der Waals surface area (Å²) in [7, 11) is 0. The molecule has 1 amide bonds. The predicted octanol–water partition coefficient (Wildman–Crippen LogP) is 3.95. The summed E-state index contributed by atoms with van der Waals surface area (Å²) in [5, 5.41) is 0. The van der Waals surface area contributed by atoms with E-state index in [0.717, 1.165) is 0 Å². The van der Waals surface area contributed by atoms with Gasteiger partial charge >= 0.3 is 0 Å². The van der Waals surface area contributed by atoms with Gasteiger partial charge in [-0.1, -0.05) is 55.1 Å². The fourth-order valence-electron chi connectivity index (χ4n) is 4.21. The number of nitrogens with zero attached hydrogens (tertiary/aromatic N) is 1. The molecule has 0 radical (unpaired) electrons. The Hall–Kier alpha value is -2.39. The van der Waals surface area contributed by atoms with E-state index < -0.39 is 5.72 Å². The van der Waals surface area contributed by atoms with Gasteiger partial charge in [-0.25, -0.2) is 0 Å². The van der Waals surface area contributed by atoms with Gasteiger partial charge in [-0.3, -0.25) is 4.79 Å². The van der Waals surface area contributed by atoms with Crippen molar-refractivity contribution in [1.29, 1.82) is 0 Å². The average molecular weight is 319 g/mol. The smallest absolute Gasteiger partial charge is 0.248 e. The van der Waals surface area contributed by atoms with Crippen LogP contribution in [-0.2, 0) is 9.53 Å². The Kier molecular flexibility index (Phi) is 3.36. The van der Waals surface area contributed by atoms with E-state index in [1.165, 1.54) is 28.3 Å². The maximum absolute atomic E-state index is 12.5. The first-order valence-electron chi connectivity index (χ1n) is 8.32. The monoisotopic (exact) mass is 319 g/mol. The number of ether oxygens (including phenoxy) is 1. The van der Waals surface area contributed by atoms with Crippen LogP contribution in [0.3, 0.4) is 0 Å². The van der Waals surface area contributed by atoms with Crippen molar-refractivity contribution < 1.29 is 9.53 Å². The SMILES string of the molecule is C=CC(=O)N1C(C2c3ccccc3-c3ccccc32)COC1(C)C. The highest BCUT2D eigenvalue weighted by atomic mass is 16.5. The number of carbonyl (C=O) groups excluding carboxylic acids is 1. The molecule has 1 atom stereocenters. The second kappa shape index (κ2) is 5.32. The molecule has 1 fully saturated rings. The maximum Gasteiger partial charge on any atom is 0.248 e. The molecule has 122 valence electrons. The number of rotatable bonds is 2. The first-order chi connectivity index (χ1) is 11.5. The molecule has 0 aromatic heterocycles. The van der Waals surface area contributed by atoms with E-state index in [0.29, 0.717) is 6.61 Å². The topological polar surface area (TPSA) is 29.5 Å². The van der Waals surface area contributed by atoms with Crippen LogP contribution in [0.25, 0.3) is 11.1 Å². The molecule has 2 aromatic rings. The summed E-state index contributed by atoms with van der Waals surface area (Å²) in [4.78, 5) is 14.4. The molecule has 1 saturated heterocycles. The molecule has 1 heterocycles. The van der Waals surface area contributed by atoms with E-state index in [1.54, 1.807) is 0 Å². The first kappa shape index (κ1) is 15.2. The molecule has 0 bridgehead atoms. The zero-order chi connectivity index (χ0) is 16.9. The van der Waals surface area contributed by atoms with Gasteiger partial charge < -0.3 is 9.64 Å². The molecule has 1 unspecified atom stereocenters. The van der Waals surface area contributed by atoms with Crippen molar-refractivity contribution in [1.82, 2.24) is 4.90 Å². The van der Waals surface area contributed by atoms with Crippen molar-refractivity contribution in [3.05, 3.63) is 72.3 Å². The highest BCUT2D eigenvalue weighted by Crippen LogP contribution is 2.49. The van der Waals surface area contributed by atoms with Crippen molar-refractivity contribution in [3.8, 4) is 11.1 Å². The third-order valence-corrected chi connectivity index (χ3v) is 5.20. The van der Waals surface area contributed by atoms with Crippen LogP contribution in [0.5, 0.6) is 0 Å². The van der Waals surface area contributed by atoms with Crippen molar-refractivity contribution in [2.24, 2.45) is 0 Å². The molecule has 3 heteroatoms. The minimum Gasteiger partial charge on any atom is -0.354 e. The largest absolute Gasteiger partial charge is 0.354 e. The van der Waals surface area contributed by atoms with Gasteiger partial charge in [0.05, 0.1) is 12.6 Å². The summed E-state index contributed by atoms with van der Waals surface area (Å²) in [6, 6.07) is 16.9.